The molecule has 2 amide bonds. The number of esters is 1. The van der Waals surface area contributed by atoms with E-state index < -0.39 is 34.6 Å². The summed E-state index contributed by atoms with van der Waals surface area (Å²) in [6, 6.07) is 10.3. The van der Waals surface area contributed by atoms with Gasteiger partial charge in [-0.3, -0.25) is 19.3 Å². The van der Waals surface area contributed by atoms with Gasteiger partial charge in [-0.2, -0.15) is 0 Å². The molecule has 38 heavy (non-hydrogen) atoms. The van der Waals surface area contributed by atoms with Crippen LogP contribution in [0.5, 0.6) is 0 Å². The largest absolute Gasteiger partial charge is 0.465 e. The van der Waals surface area contributed by atoms with Crippen molar-refractivity contribution in [1.29, 1.82) is 0 Å². The van der Waals surface area contributed by atoms with Gasteiger partial charge in [0.25, 0.3) is 11.8 Å². The smallest absolute Gasteiger partial charge is 0.350 e. The number of hydrogen-bond donors (Lipinski definition) is 0. The maximum Gasteiger partial charge on any atom is 0.350 e. The number of para-hydroxylation sites is 1. The van der Waals surface area contributed by atoms with Crippen LogP contribution >= 0.6 is 11.3 Å². The summed E-state index contributed by atoms with van der Waals surface area (Å²) in [6.45, 7) is 3.82. The zero-order valence-corrected chi connectivity index (χ0v) is 21.3. The molecule has 0 N–H and O–H groups in total. The van der Waals surface area contributed by atoms with Gasteiger partial charge in [0.1, 0.15) is 16.3 Å². The lowest BCUT2D eigenvalue weighted by molar-refractivity contribution is -0.121. The number of aryl methyl sites for hydroxylation is 1. The Kier molecular flexibility index (Phi) is 5.25. The summed E-state index contributed by atoms with van der Waals surface area (Å²) in [4.78, 5) is 62.3. The summed E-state index contributed by atoms with van der Waals surface area (Å²) < 4.78 is 25.0. The van der Waals surface area contributed by atoms with Crippen LogP contribution in [0.4, 0.5) is 15.2 Å². The Labute approximate surface area is 219 Å². The molecule has 0 radical (unpaired) electrons. The van der Waals surface area contributed by atoms with E-state index in [1.165, 1.54) is 18.1 Å². The first-order valence-corrected chi connectivity index (χ1v) is 12.7. The van der Waals surface area contributed by atoms with Crippen LogP contribution in [0.2, 0.25) is 0 Å². The van der Waals surface area contributed by atoms with E-state index in [0.717, 1.165) is 28.4 Å². The summed E-state index contributed by atoms with van der Waals surface area (Å²) in [5, 5.41) is -0.0713. The summed E-state index contributed by atoms with van der Waals surface area (Å²) in [5.41, 5.74) is -1.63. The van der Waals surface area contributed by atoms with Crippen molar-refractivity contribution in [2.75, 3.05) is 23.5 Å². The predicted octanol–water partition coefficient (Wildman–Crippen LogP) is 4.14. The molecule has 6 rings (SSSR count). The van der Waals surface area contributed by atoms with E-state index in [4.69, 9.17) is 9.15 Å². The summed E-state index contributed by atoms with van der Waals surface area (Å²) in [6.07, 6.45) is 0.608. The average molecular weight is 534 g/mol. The van der Waals surface area contributed by atoms with Crippen LogP contribution in [0.15, 0.2) is 51.7 Å². The molecular weight excluding hydrogens is 513 g/mol. The number of nitrogens with zero attached hydrogens (tertiary/aromatic N) is 3. The topological polar surface area (TPSA) is 110 Å². The van der Waals surface area contributed by atoms with Crippen LogP contribution in [-0.4, -0.2) is 36.4 Å². The van der Waals surface area contributed by atoms with E-state index in [1.807, 2.05) is 6.92 Å². The van der Waals surface area contributed by atoms with Crippen molar-refractivity contribution >= 4 is 50.9 Å². The molecule has 4 heterocycles. The number of methoxy groups -OCH3 is 1. The van der Waals surface area contributed by atoms with Gasteiger partial charge in [-0.15, -0.1) is 0 Å². The number of ether oxygens (including phenoxy) is 1. The monoisotopic (exact) mass is 533 g/mol. The molecule has 1 spiro atoms. The first-order chi connectivity index (χ1) is 18.2. The summed E-state index contributed by atoms with van der Waals surface area (Å²) in [5.74, 6) is -2.95. The second kappa shape index (κ2) is 8.32. The predicted molar refractivity (Wildman–Crippen MR) is 137 cm³/mol. The van der Waals surface area contributed by atoms with Crippen LogP contribution in [-0.2, 0) is 15.1 Å². The van der Waals surface area contributed by atoms with Gasteiger partial charge >= 0.3 is 5.97 Å². The Morgan fingerprint density at radius 1 is 1.18 bits per heavy atom. The van der Waals surface area contributed by atoms with E-state index in [2.05, 4.69) is 4.98 Å². The molecule has 192 valence electrons. The molecule has 0 fully saturated rings. The second-order valence-corrected chi connectivity index (χ2v) is 9.98. The Morgan fingerprint density at radius 2 is 1.95 bits per heavy atom. The van der Waals surface area contributed by atoms with Crippen molar-refractivity contribution in [3.63, 3.8) is 0 Å². The van der Waals surface area contributed by atoms with Crippen LogP contribution in [0.25, 0.3) is 11.0 Å². The zero-order valence-electron chi connectivity index (χ0n) is 20.5. The van der Waals surface area contributed by atoms with Gasteiger partial charge in [-0.05, 0) is 37.6 Å². The quantitative estimate of drug-likeness (QED) is 0.363. The highest BCUT2D eigenvalue weighted by Gasteiger charge is 2.66. The highest BCUT2D eigenvalue weighted by Crippen LogP contribution is 2.54. The first kappa shape index (κ1) is 24.0. The molecule has 0 saturated carbocycles. The van der Waals surface area contributed by atoms with E-state index in [9.17, 15) is 23.6 Å². The Hall–Kier alpha value is -4.38. The van der Waals surface area contributed by atoms with Gasteiger partial charge in [0.05, 0.1) is 29.4 Å². The normalized spacial score (nSPS) is 18.0. The number of aromatic nitrogens is 1. The van der Waals surface area contributed by atoms with Crippen molar-refractivity contribution in [1.82, 2.24) is 4.98 Å². The fourth-order valence-electron chi connectivity index (χ4n) is 5.34. The molecule has 9 nitrogen and oxygen atoms in total. The maximum atomic E-state index is 14.5. The number of rotatable bonds is 4. The average Bonchev–Trinajstić information content (AvgIpc) is 3.49. The number of thiazole rings is 1. The van der Waals surface area contributed by atoms with E-state index in [1.54, 1.807) is 31.2 Å². The van der Waals surface area contributed by atoms with Gasteiger partial charge in [0.2, 0.25) is 5.76 Å². The number of carbonyl (C=O) groups excluding carboxylic acids is 3. The molecule has 1 unspecified atom stereocenters. The van der Waals surface area contributed by atoms with E-state index in [-0.39, 0.29) is 32.3 Å². The van der Waals surface area contributed by atoms with Crippen molar-refractivity contribution in [3.8, 4) is 0 Å². The number of benzene rings is 2. The molecule has 0 bridgehead atoms. The van der Waals surface area contributed by atoms with Gasteiger partial charge in [-0.25, -0.2) is 14.2 Å². The first-order valence-electron chi connectivity index (χ1n) is 11.8. The molecular formula is C27H20FN3O6S. The van der Waals surface area contributed by atoms with Gasteiger partial charge in [-0.1, -0.05) is 36.5 Å². The van der Waals surface area contributed by atoms with Gasteiger partial charge < -0.3 is 14.1 Å². The number of hydrogen-bond acceptors (Lipinski definition) is 8. The Balaban J connectivity index is 1.75. The molecule has 2 aliphatic rings. The van der Waals surface area contributed by atoms with Crippen LogP contribution < -0.4 is 15.2 Å². The fourth-order valence-corrected chi connectivity index (χ4v) is 6.38. The highest BCUT2D eigenvalue weighted by molar-refractivity contribution is 7.17. The molecule has 1 atom stereocenters. The van der Waals surface area contributed by atoms with Crippen molar-refractivity contribution in [2.45, 2.75) is 25.8 Å². The number of halogens is 1. The van der Waals surface area contributed by atoms with Crippen LogP contribution in [0, 0.1) is 12.7 Å². The number of fused-ring (bicyclic) bond motifs is 5. The van der Waals surface area contributed by atoms with Crippen molar-refractivity contribution in [3.05, 3.63) is 86.0 Å². The van der Waals surface area contributed by atoms with Crippen molar-refractivity contribution < 1.29 is 27.9 Å². The van der Waals surface area contributed by atoms with Crippen molar-refractivity contribution in [2.24, 2.45) is 0 Å². The third-order valence-corrected chi connectivity index (χ3v) is 8.00. The zero-order chi connectivity index (χ0) is 26.9. The molecule has 0 aliphatic carbocycles. The fraction of sp³-hybridized carbons (Fsp3) is 0.222. The van der Waals surface area contributed by atoms with Crippen LogP contribution in [0.1, 0.15) is 50.4 Å². The standard InChI is InChI=1S/C27H20FN3O6S/c1-4-11-30-17-8-6-5-7-16(17)27(25(30)35)19-20(32)15-12-14(28)9-10-18(15)37-21(19)23(33)31(27)26-29-13(2)22(38-26)24(34)36-3/h5-10,12H,4,11H2,1-3H3. The molecule has 2 aliphatic heterocycles. The minimum Gasteiger partial charge on any atom is -0.465 e. The minimum absolute atomic E-state index is 0.00946. The lowest BCUT2D eigenvalue weighted by Gasteiger charge is -2.32. The third-order valence-electron chi connectivity index (χ3n) is 6.88. The molecule has 2 aromatic heterocycles. The SMILES string of the molecule is CCCN1C(=O)C2(c3ccccc31)c1c(oc3ccc(F)cc3c1=O)C(=O)N2c1nc(C)c(C(=O)OC)s1. The Bertz CT molecular complexity index is 1760. The van der Waals surface area contributed by atoms with E-state index >= 15 is 0 Å². The lowest BCUT2D eigenvalue weighted by Crippen LogP contribution is -2.53. The van der Waals surface area contributed by atoms with E-state index in [0.29, 0.717) is 29.9 Å². The molecule has 0 saturated heterocycles. The Morgan fingerprint density at radius 3 is 2.68 bits per heavy atom. The molecule has 4 aromatic rings. The second-order valence-electron chi connectivity index (χ2n) is 9.00. The minimum atomic E-state index is -1.96. The number of carbonyl (C=O) groups is 3. The summed E-state index contributed by atoms with van der Waals surface area (Å²) in [7, 11) is 1.23. The van der Waals surface area contributed by atoms with Gasteiger partial charge in [0.15, 0.2) is 16.1 Å². The third kappa shape index (κ3) is 2.93. The molecule has 11 heteroatoms. The highest BCUT2D eigenvalue weighted by atomic mass is 32.1. The number of anilines is 2. The van der Waals surface area contributed by atoms with Crippen LogP contribution in [0.3, 0.4) is 0 Å². The van der Waals surface area contributed by atoms with Gasteiger partial charge in [0, 0.05) is 12.1 Å². The summed E-state index contributed by atoms with van der Waals surface area (Å²) >= 11 is 0.873. The lowest BCUT2D eigenvalue weighted by atomic mass is 9.84. The maximum absolute atomic E-state index is 14.5. The molecule has 2 aromatic carbocycles. The number of amides is 2.